The van der Waals surface area contributed by atoms with Crippen LogP contribution in [0.1, 0.15) is 32.6 Å². The van der Waals surface area contributed by atoms with Gasteiger partial charge in [-0.2, -0.15) is 0 Å². The molecule has 1 N–H and O–H groups in total. The van der Waals surface area contributed by atoms with Crippen molar-refractivity contribution in [2.75, 3.05) is 19.8 Å². The molecule has 5 heteroatoms. The van der Waals surface area contributed by atoms with Gasteiger partial charge in [-0.1, -0.05) is 0 Å². The van der Waals surface area contributed by atoms with Gasteiger partial charge in [-0.25, -0.2) is 0 Å². The number of likely N-dealkylation sites (tertiary alicyclic amines) is 1. The smallest absolute Gasteiger partial charge is 0.308 e. The van der Waals surface area contributed by atoms with Gasteiger partial charge in [0.15, 0.2) is 0 Å². The molecular weight excluding hydrogens is 222 g/mol. The topological polar surface area (TPSA) is 66.8 Å². The van der Waals surface area contributed by atoms with Crippen LogP contribution in [0.5, 0.6) is 0 Å². The van der Waals surface area contributed by atoms with Crippen LogP contribution < -0.4 is 0 Å². The number of ether oxygens (including phenoxy) is 1. The van der Waals surface area contributed by atoms with E-state index in [0.717, 1.165) is 19.4 Å². The molecule has 2 rings (SSSR count). The number of aliphatic carboxylic acids is 1. The third kappa shape index (κ3) is 2.44. The molecule has 0 aromatic heterocycles. The molecule has 2 heterocycles. The van der Waals surface area contributed by atoms with Crippen molar-refractivity contribution in [3.05, 3.63) is 0 Å². The number of carboxylic acid groups (broad SMARTS) is 1. The lowest BCUT2D eigenvalue weighted by molar-refractivity contribution is -0.155. The van der Waals surface area contributed by atoms with E-state index in [1.54, 1.807) is 4.90 Å². The molecule has 96 valence electrons. The summed E-state index contributed by atoms with van der Waals surface area (Å²) in [5, 5.41) is 9.06. The van der Waals surface area contributed by atoms with E-state index in [0.29, 0.717) is 26.0 Å². The Bertz CT molecular complexity index is 322. The molecular formula is C12H19NO4. The Labute approximate surface area is 101 Å². The van der Waals surface area contributed by atoms with Crippen molar-refractivity contribution in [2.24, 2.45) is 5.92 Å². The van der Waals surface area contributed by atoms with Crippen LogP contribution in [0, 0.1) is 5.92 Å². The van der Waals surface area contributed by atoms with Crippen LogP contribution in [0.2, 0.25) is 0 Å². The first-order chi connectivity index (χ1) is 8.03. The Kier molecular flexibility index (Phi) is 3.38. The molecule has 17 heavy (non-hydrogen) atoms. The van der Waals surface area contributed by atoms with Crippen LogP contribution in [-0.2, 0) is 14.3 Å². The molecule has 0 aliphatic carbocycles. The number of amides is 1. The molecule has 0 saturated carbocycles. The summed E-state index contributed by atoms with van der Waals surface area (Å²) in [6.45, 7) is 3.58. The summed E-state index contributed by atoms with van der Waals surface area (Å²) in [4.78, 5) is 24.7. The number of rotatable bonds is 2. The molecule has 0 aromatic carbocycles. The third-order valence-corrected chi connectivity index (χ3v) is 3.83. The van der Waals surface area contributed by atoms with Crippen LogP contribution in [0.4, 0.5) is 0 Å². The molecule has 0 bridgehead atoms. The average molecular weight is 241 g/mol. The van der Waals surface area contributed by atoms with Gasteiger partial charge in [-0.05, 0) is 26.2 Å². The van der Waals surface area contributed by atoms with Gasteiger partial charge in [-0.3, -0.25) is 9.59 Å². The van der Waals surface area contributed by atoms with E-state index in [2.05, 4.69) is 0 Å². The summed E-state index contributed by atoms with van der Waals surface area (Å²) >= 11 is 0. The summed E-state index contributed by atoms with van der Waals surface area (Å²) in [5.41, 5.74) is -0.316. The maximum absolute atomic E-state index is 11.9. The second kappa shape index (κ2) is 4.64. The Morgan fingerprint density at radius 3 is 2.94 bits per heavy atom. The molecule has 2 aliphatic rings. The van der Waals surface area contributed by atoms with Crippen molar-refractivity contribution in [3.8, 4) is 0 Å². The summed E-state index contributed by atoms with van der Waals surface area (Å²) < 4.78 is 5.44. The minimum absolute atomic E-state index is 0.0653. The maximum atomic E-state index is 11.9. The molecule has 5 nitrogen and oxygen atoms in total. The van der Waals surface area contributed by atoms with Crippen molar-refractivity contribution >= 4 is 11.9 Å². The van der Waals surface area contributed by atoms with Crippen molar-refractivity contribution in [1.29, 1.82) is 0 Å². The van der Waals surface area contributed by atoms with Crippen LogP contribution in [0.3, 0.4) is 0 Å². The predicted molar refractivity (Wildman–Crippen MR) is 60.5 cm³/mol. The van der Waals surface area contributed by atoms with Crippen molar-refractivity contribution in [2.45, 2.75) is 38.1 Å². The Balaban J connectivity index is 2.11. The average Bonchev–Trinajstić information content (AvgIpc) is 2.30. The highest BCUT2D eigenvalue weighted by Crippen LogP contribution is 2.31. The fraction of sp³-hybridized carbons (Fsp3) is 0.833. The van der Waals surface area contributed by atoms with Gasteiger partial charge >= 0.3 is 5.97 Å². The highest BCUT2D eigenvalue weighted by molar-refractivity contribution is 5.81. The molecule has 0 spiro atoms. The SMILES string of the molecule is CC1(N2CC(C(=O)O)CCC2=O)CCCOC1. The largest absolute Gasteiger partial charge is 0.481 e. The second-order valence-corrected chi connectivity index (χ2v) is 5.23. The van der Waals surface area contributed by atoms with Crippen molar-refractivity contribution < 1.29 is 19.4 Å². The first-order valence-electron chi connectivity index (χ1n) is 6.14. The van der Waals surface area contributed by atoms with E-state index in [9.17, 15) is 9.59 Å². The summed E-state index contributed by atoms with van der Waals surface area (Å²) in [6.07, 6.45) is 2.62. The van der Waals surface area contributed by atoms with Gasteiger partial charge < -0.3 is 14.7 Å². The quantitative estimate of drug-likeness (QED) is 0.779. The van der Waals surface area contributed by atoms with E-state index < -0.39 is 11.9 Å². The highest BCUT2D eigenvalue weighted by Gasteiger charge is 2.41. The lowest BCUT2D eigenvalue weighted by Gasteiger charge is -2.46. The van der Waals surface area contributed by atoms with Gasteiger partial charge in [0.1, 0.15) is 0 Å². The van der Waals surface area contributed by atoms with Crippen LogP contribution in [0.25, 0.3) is 0 Å². The normalized spacial score (nSPS) is 34.8. The van der Waals surface area contributed by atoms with Gasteiger partial charge in [0.05, 0.1) is 18.1 Å². The second-order valence-electron chi connectivity index (χ2n) is 5.23. The molecule has 2 fully saturated rings. The summed E-state index contributed by atoms with van der Waals surface area (Å²) in [5.74, 6) is -1.16. The number of carbonyl (C=O) groups is 2. The predicted octanol–water partition coefficient (Wildman–Crippen LogP) is 0.879. The van der Waals surface area contributed by atoms with E-state index in [1.165, 1.54) is 0 Å². The van der Waals surface area contributed by atoms with Gasteiger partial charge in [0.2, 0.25) is 5.91 Å². The summed E-state index contributed by atoms with van der Waals surface area (Å²) in [7, 11) is 0. The van der Waals surface area contributed by atoms with Crippen LogP contribution in [0.15, 0.2) is 0 Å². The molecule has 0 aromatic rings. The number of nitrogens with zero attached hydrogens (tertiary/aromatic N) is 1. The number of piperidine rings is 1. The number of hydrogen-bond donors (Lipinski definition) is 1. The number of carboxylic acids is 1. The monoisotopic (exact) mass is 241 g/mol. The fourth-order valence-electron chi connectivity index (χ4n) is 2.70. The van der Waals surface area contributed by atoms with Gasteiger partial charge in [-0.15, -0.1) is 0 Å². The van der Waals surface area contributed by atoms with E-state index in [1.807, 2.05) is 6.92 Å². The summed E-state index contributed by atoms with van der Waals surface area (Å²) in [6, 6.07) is 0. The zero-order valence-corrected chi connectivity index (χ0v) is 10.1. The zero-order chi connectivity index (χ0) is 12.5. The first-order valence-corrected chi connectivity index (χ1v) is 6.14. The van der Waals surface area contributed by atoms with E-state index in [-0.39, 0.29) is 11.4 Å². The van der Waals surface area contributed by atoms with Crippen LogP contribution >= 0.6 is 0 Å². The Morgan fingerprint density at radius 2 is 2.35 bits per heavy atom. The number of carbonyl (C=O) groups excluding carboxylic acids is 1. The third-order valence-electron chi connectivity index (χ3n) is 3.83. The lowest BCUT2D eigenvalue weighted by atomic mass is 9.87. The lowest BCUT2D eigenvalue weighted by Crippen LogP contribution is -2.58. The minimum atomic E-state index is -0.803. The first kappa shape index (κ1) is 12.4. The van der Waals surface area contributed by atoms with E-state index >= 15 is 0 Å². The standard InChI is InChI=1S/C12H19NO4/c1-12(5-2-6-17-8-12)13-7-9(11(15)16)3-4-10(13)14/h9H,2-8H2,1H3,(H,15,16). The zero-order valence-electron chi connectivity index (χ0n) is 10.1. The molecule has 2 atom stereocenters. The molecule has 2 saturated heterocycles. The van der Waals surface area contributed by atoms with E-state index in [4.69, 9.17) is 9.84 Å². The fourth-order valence-corrected chi connectivity index (χ4v) is 2.70. The molecule has 2 unspecified atom stereocenters. The van der Waals surface area contributed by atoms with Gasteiger partial charge in [0, 0.05) is 19.6 Å². The molecule has 1 amide bonds. The Hall–Kier alpha value is -1.10. The minimum Gasteiger partial charge on any atom is -0.481 e. The number of hydrogen-bond acceptors (Lipinski definition) is 3. The highest BCUT2D eigenvalue weighted by atomic mass is 16.5. The van der Waals surface area contributed by atoms with Crippen molar-refractivity contribution in [1.82, 2.24) is 4.90 Å². The van der Waals surface area contributed by atoms with Crippen molar-refractivity contribution in [3.63, 3.8) is 0 Å². The van der Waals surface area contributed by atoms with Crippen LogP contribution in [-0.4, -0.2) is 47.2 Å². The maximum Gasteiger partial charge on any atom is 0.308 e. The van der Waals surface area contributed by atoms with Gasteiger partial charge in [0.25, 0.3) is 0 Å². The molecule has 2 aliphatic heterocycles. The Morgan fingerprint density at radius 1 is 1.59 bits per heavy atom. The molecule has 0 radical (unpaired) electrons.